The van der Waals surface area contributed by atoms with E-state index in [1.807, 2.05) is 6.07 Å². The summed E-state index contributed by atoms with van der Waals surface area (Å²) in [6.07, 6.45) is 1.06. The number of nitrogens with one attached hydrogen (secondary N) is 2. The van der Waals surface area contributed by atoms with Gasteiger partial charge in [-0.3, -0.25) is 4.99 Å². The molecule has 2 N–H and O–H groups in total. The number of para-hydroxylation sites is 2. The van der Waals surface area contributed by atoms with Crippen molar-refractivity contribution in [1.29, 1.82) is 0 Å². The van der Waals surface area contributed by atoms with Gasteiger partial charge in [0.25, 0.3) is 0 Å². The first-order valence-corrected chi connectivity index (χ1v) is 7.70. The van der Waals surface area contributed by atoms with Crippen molar-refractivity contribution in [3.8, 4) is 0 Å². The smallest absolute Gasteiger partial charge is 0.191 e. The lowest BCUT2D eigenvalue weighted by molar-refractivity contribution is 0.660. The summed E-state index contributed by atoms with van der Waals surface area (Å²) >= 11 is 0. The molecule has 1 aromatic heterocycles. The molecule has 0 bridgehead atoms. The van der Waals surface area contributed by atoms with Crippen molar-refractivity contribution in [2.45, 2.75) is 33.7 Å². The van der Waals surface area contributed by atoms with E-state index in [4.69, 9.17) is 0 Å². The summed E-state index contributed by atoms with van der Waals surface area (Å²) in [4.78, 5) is 9.09. The quantitative estimate of drug-likeness (QED) is 0.633. The molecule has 0 spiro atoms. The van der Waals surface area contributed by atoms with Gasteiger partial charge < -0.3 is 15.2 Å². The van der Waals surface area contributed by atoms with Crippen LogP contribution >= 0.6 is 0 Å². The third-order valence-electron chi connectivity index (χ3n) is 3.31. The van der Waals surface area contributed by atoms with Crippen LogP contribution in [0.15, 0.2) is 29.3 Å². The second kappa shape index (κ2) is 7.67. The van der Waals surface area contributed by atoms with E-state index in [2.05, 4.69) is 64.1 Å². The fourth-order valence-electron chi connectivity index (χ4n) is 2.33. The summed E-state index contributed by atoms with van der Waals surface area (Å²) in [5.41, 5.74) is 2.24. The number of imidazole rings is 1. The maximum absolute atomic E-state index is 4.59. The molecule has 5 nitrogen and oxygen atoms in total. The highest BCUT2D eigenvalue weighted by molar-refractivity contribution is 5.79. The number of guanidine groups is 1. The summed E-state index contributed by atoms with van der Waals surface area (Å²) in [6.45, 7) is 9.70. The molecule has 0 unspecified atom stereocenters. The van der Waals surface area contributed by atoms with Crippen LogP contribution in [0.25, 0.3) is 11.0 Å². The Labute approximate surface area is 126 Å². The molecule has 21 heavy (non-hydrogen) atoms. The van der Waals surface area contributed by atoms with E-state index in [0.717, 1.165) is 49.9 Å². The van der Waals surface area contributed by atoms with Crippen molar-refractivity contribution in [3.63, 3.8) is 0 Å². The van der Waals surface area contributed by atoms with Gasteiger partial charge in [-0.25, -0.2) is 4.98 Å². The molecule has 0 saturated carbocycles. The molecular formula is C16H25N5. The average molecular weight is 287 g/mol. The Morgan fingerprint density at radius 3 is 2.81 bits per heavy atom. The highest BCUT2D eigenvalue weighted by atomic mass is 15.2. The van der Waals surface area contributed by atoms with Crippen LogP contribution < -0.4 is 10.6 Å². The van der Waals surface area contributed by atoms with Crippen LogP contribution in [0.3, 0.4) is 0 Å². The molecule has 114 valence electrons. The Hall–Kier alpha value is -2.04. The molecule has 0 aliphatic carbocycles. The van der Waals surface area contributed by atoms with E-state index in [9.17, 15) is 0 Å². The first-order chi connectivity index (χ1) is 10.3. The van der Waals surface area contributed by atoms with Gasteiger partial charge >= 0.3 is 0 Å². The normalized spacial score (nSPS) is 11.9. The van der Waals surface area contributed by atoms with E-state index < -0.39 is 0 Å². The minimum Gasteiger partial charge on any atom is -0.357 e. The van der Waals surface area contributed by atoms with E-state index >= 15 is 0 Å². The molecule has 5 heteroatoms. The molecule has 1 heterocycles. The summed E-state index contributed by atoms with van der Waals surface area (Å²) in [6, 6.07) is 8.25. The number of fused-ring (bicyclic) bond motifs is 1. The Balaban J connectivity index is 1.99. The van der Waals surface area contributed by atoms with Crippen LogP contribution in [0.5, 0.6) is 0 Å². The third-order valence-corrected chi connectivity index (χ3v) is 3.31. The molecule has 0 amide bonds. The predicted octanol–water partition coefficient (Wildman–Crippen LogP) is 2.31. The minimum atomic E-state index is 0.830. The van der Waals surface area contributed by atoms with Crippen molar-refractivity contribution in [2.75, 3.05) is 19.6 Å². The van der Waals surface area contributed by atoms with Crippen molar-refractivity contribution >= 4 is 17.0 Å². The van der Waals surface area contributed by atoms with Crippen molar-refractivity contribution in [3.05, 3.63) is 30.1 Å². The van der Waals surface area contributed by atoms with Crippen molar-refractivity contribution in [1.82, 2.24) is 20.2 Å². The van der Waals surface area contributed by atoms with Gasteiger partial charge in [-0.15, -0.1) is 0 Å². The standard InChI is InChI=1S/C16H25N5/c1-4-10-18-16(17-5-2)19-11-12-21-13(3)20-14-8-6-7-9-15(14)21/h6-9H,4-5,10-12H2,1-3H3,(H2,17,18,19). The van der Waals surface area contributed by atoms with Gasteiger partial charge in [0.05, 0.1) is 11.0 Å². The number of rotatable bonds is 6. The zero-order valence-electron chi connectivity index (χ0n) is 13.2. The van der Waals surface area contributed by atoms with Crippen molar-refractivity contribution in [2.24, 2.45) is 4.99 Å². The lowest BCUT2D eigenvalue weighted by Crippen LogP contribution is -2.39. The van der Waals surface area contributed by atoms with Crippen LogP contribution in [0, 0.1) is 6.92 Å². The fraction of sp³-hybridized carbons (Fsp3) is 0.500. The molecule has 0 aliphatic rings. The van der Waals surface area contributed by atoms with Crippen LogP contribution in [-0.2, 0) is 6.54 Å². The highest BCUT2D eigenvalue weighted by Crippen LogP contribution is 2.14. The van der Waals surface area contributed by atoms with E-state index in [1.165, 1.54) is 5.52 Å². The average Bonchev–Trinajstić information content (AvgIpc) is 2.81. The number of aryl methyl sites for hydroxylation is 1. The Bertz CT molecular complexity index is 600. The second-order valence-electron chi connectivity index (χ2n) is 4.99. The van der Waals surface area contributed by atoms with Crippen LogP contribution in [0.4, 0.5) is 0 Å². The number of hydrogen-bond donors (Lipinski definition) is 2. The third kappa shape index (κ3) is 3.97. The predicted molar refractivity (Wildman–Crippen MR) is 88.7 cm³/mol. The molecule has 1 aromatic carbocycles. The van der Waals surface area contributed by atoms with E-state index in [0.29, 0.717) is 0 Å². The summed E-state index contributed by atoms with van der Waals surface area (Å²) in [5.74, 6) is 1.94. The number of aromatic nitrogens is 2. The van der Waals surface area contributed by atoms with E-state index in [-0.39, 0.29) is 0 Å². The molecule has 2 rings (SSSR count). The summed E-state index contributed by atoms with van der Waals surface area (Å²) in [7, 11) is 0. The first kappa shape index (κ1) is 15.4. The number of aliphatic imine (C=N–C) groups is 1. The monoisotopic (exact) mass is 287 g/mol. The topological polar surface area (TPSA) is 54.2 Å². The molecule has 0 saturated heterocycles. The fourth-order valence-corrected chi connectivity index (χ4v) is 2.33. The van der Waals surface area contributed by atoms with Crippen LogP contribution in [0.1, 0.15) is 26.1 Å². The molecule has 2 aromatic rings. The Morgan fingerprint density at radius 2 is 2.05 bits per heavy atom. The van der Waals surface area contributed by atoms with Gasteiger partial charge in [0.15, 0.2) is 5.96 Å². The summed E-state index contributed by atoms with van der Waals surface area (Å²) in [5, 5.41) is 6.64. The number of hydrogen-bond acceptors (Lipinski definition) is 2. The maximum atomic E-state index is 4.59. The second-order valence-corrected chi connectivity index (χ2v) is 4.99. The van der Waals surface area contributed by atoms with Gasteiger partial charge in [0.1, 0.15) is 5.82 Å². The SMILES string of the molecule is CCCN=C(NCC)NCCn1c(C)nc2ccccc21. The van der Waals surface area contributed by atoms with E-state index in [1.54, 1.807) is 0 Å². The number of nitrogens with zero attached hydrogens (tertiary/aromatic N) is 3. The molecule has 0 atom stereocenters. The molecular weight excluding hydrogens is 262 g/mol. The lowest BCUT2D eigenvalue weighted by atomic mass is 10.3. The van der Waals surface area contributed by atoms with Gasteiger partial charge in [-0.2, -0.15) is 0 Å². The largest absolute Gasteiger partial charge is 0.357 e. The summed E-state index contributed by atoms with van der Waals surface area (Å²) < 4.78 is 2.24. The zero-order valence-corrected chi connectivity index (χ0v) is 13.2. The van der Waals surface area contributed by atoms with Crippen LogP contribution in [0.2, 0.25) is 0 Å². The van der Waals surface area contributed by atoms with Gasteiger partial charge in [0.2, 0.25) is 0 Å². The van der Waals surface area contributed by atoms with Gasteiger partial charge in [0, 0.05) is 26.2 Å². The Kier molecular flexibility index (Phi) is 5.60. The Morgan fingerprint density at radius 1 is 1.24 bits per heavy atom. The van der Waals surface area contributed by atoms with Crippen molar-refractivity contribution < 1.29 is 0 Å². The maximum Gasteiger partial charge on any atom is 0.191 e. The first-order valence-electron chi connectivity index (χ1n) is 7.70. The van der Waals surface area contributed by atoms with Gasteiger partial charge in [-0.05, 0) is 32.4 Å². The van der Waals surface area contributed by atoms with Crippen LogP contribution in [-0.4, -0.2) is 35.1 Å². The zero-order chi connectivity index (χ0) is 15.1. The number of benzene rings is 1. The molecule has 0 aliphatic heterocycles. The highest BCUT2D eigenvalue weighted by Gasteiger charge is 2.06. The molecule has 0 fully saturated rings. The minimum absolute atomic E-state index is 0.830. The van der Waals surface area contributed by atoms with Gasteiger partial charge in [-0.1, -0.05) is 19.1 Å². The lowest BCUT2D eigenvalue weighted by Gasteiger charge is -2.12. The molecule has 0 radical (unpaired) electrons.